The van der Waals surface area contributed by atoms with Crippen LogP contribution in [0.25, 0.3) is 0 Å². The molecule has 0 saturated heterocycles. The molecule has 0 bridgehead atoms. The van der Waals surface area contributed by atoms with Crippen molar-refractivity contribution in [2.24, 2.45) is 0 Å². The maximum absolute atomic E-state index is 12.1. The minimum Gasteiger partial charge on any atom is -0.480 e. The van der Waals surface area contributed by atoms with Crippen LogP contribution in [-0.2, 0) is 9.59 Å². The molecule has 2 rings (SSSR count). The lowest BCUT2D eigenvalue weighted by molar-refractivity contribution is -0.140. The van der Waals surface area contributed by atoms with E-state index in [2.05, 4.69) is 20.6 Å². The predicted octanol–water partition coefficient (Wildman–Crippen LogP) is 0.879. The van der Waals surface area contributed by atoms with Gasteiger partial charge in [-0.2, -0.15) is 0 Å². The molecule has 2 heterocycles. The molecule has 4 N–H and O–H groups in total. The Kier molecular flexibility index (Phi) is 8.18. The summed E-state index contributed by atoms with van der Waals surface area (Å²) < 4.78 is 0. The predicted molar refractivity (Wildman–Crippen MR) is 105 cm³/mol. The highest BCUT2D eigenvalue weighted by atomic mass is 16.4. The molecule has 0 aliphatic rings. The highest BCUT2D eigenvalue weighted by Crippen LogP contribution is 2.03. The van der Waals surface area contributed by atoms with E-state index in [4.69, 9.17) is 0 Å². The third-order valence-corrected chi connectivity index (χ3v) is 3.91. The van der Waals surface area contributed by atoms with Crippen LogP contribution in [-0.4, -0.2) is 56.0 Å². The fourth-order valence-electron chi connectivity index (χ4n) is 2.37. The number of pyridine rings is 2. The van der Waals surface area contributed by atoms with Crippen LogP contribution in [0.1, 0.15) is 33.8 Å². The van der Waals surface area contributed by atoms with Gasteiger partial charge in [-0.15, -0.1) is 0 Å². The van der Waals surface area contributed by atoms with Crippen LogP contribution < -0.4 is 10.6 Å². The van der Waals surface area contributed by atoms with Crippen molar-refractivity contribution in [3.63, 3.8) is 0 Å². The highest BCUT2D eigenvalue weighted by Gasteiger charge is 2.21. The highest BCUT2D eigenvalue weighted by molar-refractivity contribution is 5.95. The van der Waals surface area contributed by atoms with E-state index in [1.54, 1.807) is 24.3 Å². The third kappa shape index (κ3) is 6.82. The van der Waals surface area contributed by atoms with E-state index in [0.29, 0.717) is 0 Å². The number of nitrogens with one attached hydrogen (secondary N) is 2. The average molecular weight is 412 g/mol. The standard InChI is InChI=1S/C20H20N4O6/c25-17(13-7-3-5-11-21-13)23-15(19(27)28)9-1-2-10-16(20(29)30)24-18(26)14-8-4-6-12-22-14/h1-8,11-12,15-16H,9-10H2,(H,23,25)(H,24,26)(H,27,28)(H,29,30). The number of hydrogen-bond acceptors (Lipinski definition) is 6. The first kappa shape index (κ1) is 22.2. The number of aliphatic carboxylic acids is 2. The fraction of sp³-hybridized carbons (Fsp3) is 0.200. The van der Waals surface area contributed by atoms with Crippen LogP contribution >= 0.6 is 0 Å². The van der Waals surface area contributed by atoms with Crippen LogP contribution in [0.4, 0.5) is 0 Å². The second-order valence-electron chi connectivity index (χ2n) is 6.10. The number of hydrogen-bond donors (Lipinski definition) is 4. The molecule has 0 saturated carbocycles. The Bertz CT molecular complexity index is 842. The number of nitrogens with zero attached hydrogens (tertiary/aromatic N) is 2. The van der Waals surface area contributed by atoms with Gasteiger partial charge in [0.2, 0.25) is 0 Å². The minimum atomic E-state index is -1.25. The molecule has 0 spiro atoms. The first-order valence-electron chi connectivity index (χ1n) is 8.93. The largest absolute Gasteiger partial charge is 0.480 e. The number of carbonyl (C=O) groups excluding carboxylic acids is 2. The van der Waals surface area contributed by atoms with Gasteiger partial charge in [-0.3, -0.25) is 19.6 Å². The molecule has 30 heavy (non-hydrogen) atoms. The molecule has 2 unspecified atom stereocenters. The van der Waals surface area contributed by atoms with Crippen molar-refractivity contribution in [1.29, 1.82) is 0 Å². The van der Waals surface area contributed by atoms with Crippen molar-refractivity contribution in [3.8, 4) is 0 Å². The van der Waals surface area contributed by atoms with Crippen molar-refractivity contribution in [3.05, 3.63) is 72.3 Å². The Labute approximate surface area is 171 Å². The zero-order valence-electron chi connectivity index (χ0n) is 15.8. The van der Waals surface area contributed by atoms with Gasteiger partial charge in [-0.05, 0) is 37.1 Å². The topological polar surface area (TPSA) is 159 Å². The summed E-state index contributed by atoms with van der Waals surface area (Å²) >= 11 is 0. The maximum Gasteiger partial charge on any atom is 0.326 e. The second-order valence-corrected chi connectivity index (χ2v) is 6.10. The van der Waals surface area contributed by atoms with Gasteiger partial charge in [0.05, 0.1) is 0 Å². The fourth-order valence-corrected chi connectivity index (χ4v) is 2.37. The van der Waals surface area contributed by atoms with Crippen molar-refractivity contribution in [2.75, 3.05) is 0 Å². The van der Waals surface area contributed by atoms with Crippen molar-refractivity contribution in [1.82, 2.24) is 20.6 Å². The number of carboxylic acids is 2. The maximum atomic E-state index is 12.1. The summed E-state index contributed by atoms with van der Waals surface area (Å²) in [6.45, 7) is 0. The zero-order chi connectivity index (χ0) is 21.9. The Morgan fingerprint density at radius 3 is 1.47 bits per heavy atom. The first-order valence-corrected chi connectivity index (χ1v) is 8.93. The summed E-state index contributed by atoms with van der Waals surface area (Å²) in [7, 11) is 0. The van der Waals surface area contributed by atoms with Crippen molar-refractivity contribution in [2.45, 2.75) is 24.9 Å². The normalized spacial score (nSPS) is 12.7. The van der Waals surface area contributed by atoms with Crippen molar-refractivity contribution >= 4 is 23.8 Å². The molecule has 156 valence electrons. The van der Waals surface area contributed by atoms with E-state index in [1.807, 2.05) is 0 Å². The Balaban J connectivity index is 1.91. The molecule has 0 fully saturated rings. The SMILES string of the molecule is O=C(NC(CC=CCC(NC(=O)c1ccccn1)C(=O)O)C(=O)O)c1ccccn1. The lowest BCUT2D eigenvalue weighted by Crippen LogP contribution is -2.41. The Morgan fingerprint density at radius 2 is 1.17 bits per heavy atom. The smallest absolute Gasteiger partial charge is 0.326 e. The molecule has 0 aliphatic carbocycles. The van der Waals surface area contributed by atoms with E-state index in [0.717, 1.165) is 0 Å². The van der Waals surface area contributed by atoms with E-state index in [-0.39, 0.29) is 24.2 Å². The van der Waals surface area contributed by atoms with Gasteiger partial charge in [0.25, 0.3) is 11.8 Å². The quantitative estimate of drug-likeness (QED) is 0.419. The van der Waals surface area contributed by atoms with Gasteiger partial charge in [0.1, 0.15) is 23.5 Å². The zero-order valence-corrected chi connectivity index (χ0v) is 15.8. The first-order chi connectivity index (χ1) is 14.4. The summed E-state index contributed by atoms with van der Waals surface area (Å²) in [5, 5.41) is 23.3. The lowest BCUT2D eigenvalue weighted by Gasteiger charge is -2.13. The van der Waals surface area contributed by atoms with Crippen LogP contribution in [0, 0.1) is 0 Å². The third-order valence-electron chi connectivity index (χ3n) is 3.91. The number of aromatic nitrogens is 2. The molecule has 0 aromatic carbocycles. The molecular formula is C20H20N4O6. The molecule has 10 heteroatoms. The second kappa shape index (κ2) is 11.1. The molecule has 2 aromatic rings. The van der Waals surface area contributed by atoms with E-state index < -0.39 is 35.8 Å². The summed E-state index contributed by atoms with van der Waals surface area (Å²) in [5.41, 5.74) is 0.159. The molecule has 0 radical (unpaired) electrons. The number of rotatable bonds is 10. The van der Waals surface area contributed by atoms with Gasteiger partial charge < -0.3 is 20.8 Å². The molecular weight excluding hydrogens is 392 g/mol. The molecule has 2 amide bonds. The monoisotopic (exact) mass is 412 g/mol. The summed E-state index contributed by atoms with van der Waals surface area (Å²) in [6, 6.07) is 6.91. The van der Waals surface area contributed by atoms with Gasteiger partial charge >= 0.3 is 11.9 Å². The lowest BCUT2D eigenvalue weighted by atomic mass is 10.1. The summed E-state index contributed by atoms with van der Waals surface area (Å²) in [4.78, 5) is 54.6. The van der Waals surface area contributed by atoms with E-state index >= 15 is 0 Å². The van der Waals surface area contributed by atoms with Crippen LogP contribution in [0.5, 0.6) is 0 Å². The number of carbonyl (C=O) groups is 4. The molecule has 2 aromatic heterocycles. The Morgan fingerprint density at radius 1 is 0.767 bits per heavy atom. The van der Waals surface area contributed by atoms with Crippen LogP contribution in [0.3, 0.4) is 0 Å². The van der Waals surface area contributed by atoms with Gasteiger partial charge in [0.15, 0.2) is 0 Å². The summed E-state index contributed by atoms with van der Waals surface area (Å²) in [6.07, 6.45) is 5.54. The van der Waals surface area contributed by atoms with Crippen LogP contribution in [0.15, 0.2) is 60.9 Å². The van der Waals surface area contributed by atoms with E-state index in [9.17, 15) is 29.4 Å². The molecule has 0 aliphatic heterocycles. The van der Waals surface area contributed by atoms with Gasteiger partial charge in [0, 0.05) is 12.4 Å². The number of amides is 2. The Hall–Kier alpha value is -4.08. The van der Waals surface area contributed by atoms with Gasteiger partial charge in [-0.25, -0.2) is 9.59 Å². The average Bonchev–Trinajstić information content (AvgIpc) is 2.75. The molecule has 2 atom stereocenters. The molecule has 10 nitrogen and oxygen atoms in total. The van der Waals surface area contributed by atoms with Gasteiger partial charge in [-0.1, -0.05) is 24.3 Å². The van der Waals surface area contributed by atoms with E-state index in [1.165, 1.54) is 36.7 Å². The minimum absolute atomic E-state index is 0.0750. The van der Waals surface area contributed by atoms with Crippen LogP contribution in [0.2, 0.25) is 0 Å². The number of carboxylic acid groups (broad SMARTS) is 2. The van der Waals surface area contributed by atoms with Crippen molar-refractivity contribution < 1.29 is 29.4 Å². The summed E-state index contributed by atoms with van der Waals surface area (Å²) in [5.74, 6) is -3.77.